The second-order valence-electron chi connectivity index (χ2n) is 8.06. The Labute approximate surface area is 208 Å². The summed E-state index contributed by atoms with van der Waals surface area (Å²) in [5.74, 6) is -0.692. The van der Waals surface area contributed by atoms with E-state index in [1.807, 2.05) is 0 Å². The van der Waals surface area contributed by atoms with Gasteiger partial charge in [0.05, 0.1) is 54.9 Å². The van der Waals surface area contributed by atoms with Crippen LogP contribution in [-0.2, 0) is 33.6 Å². The van der Waals surface area contributed by atoms with E-state index in [0.29, 0.717) is 33.8 Å². The average molecular weight is 481 g/mol. The summed E-state index contributed by atoms with van der Waals surface area (Å²) < 4.78 is 0. The monoisotopic (exact) mass is 480 g/mol. The van der Waals surface area contributed by atoms with Crippen LogP contribution in [0.3, 0.4) is 0 Å². The largest absolute Gasteiger partial charge is 0.324 e. The molecule has 36 heavy (non-hydrogen) atoms. The van der Waals surface area contributed by atoms with Crippen LogP contribution < -0.4 is 16.0 Å². The minimum atomic E-state index is -0.231. The summed E-state index contributed by atoms with van der Waals surface area (Å²) in [4.78, 5) is 49.8. The van der Waals surface area contributed by atoms with E-state index < -0.39 is 0 Å². The standard InChI is InChI=1S/C27H24N6O3/c34-25(31-22-4-1-7-28-16-22)13-19-10-20(14-26(35)32-23-5-2-8-29-17-23)12-21(11-19)15-27(36)33-24-6-3-9-30-18-24/h1-12,16-18H,13-15H2,(H,31,34)(H,32,35)(H,33,36). The zero-order valence-corrected chi connectivity index (χ0v) is 19.3. The molecule has 3 aromatic heterocycles. The fraction of sp³-hybridized carbons (Fsp3) is 0.111. The first kappa shape index (κ1) is 24.2. The molecule has 3 amide bonds. The molecule has 9 heteroatoms. The lowest BCUT2D eigenvalue weighted by atomic mass is 9.99. The van der Waals surface area contributed by atoms with E-state index in [-0.39, 0.29) is 37.0 Å². The Balaban J connectivity index is 1.49. The van der Waals surface area contributed by atoms with E-state index in [4.69, 9.17) is 0 Å². The molecule has 0 spiro atoms. The number of benzene rings is 1. The number of aromatic nitrogens is 3. The number of nitrogens with zero attached hydrogens (tertiary/aromatic N) is 3. The molecule has 0 aliphatic carbocycles. The number of pyridine rings is 3. The number of carbonyl (C=O) groups excluding carboxylic acids is 3. The van der Waals surface area contributed by atoms with Crippen molar-refractivity contribution in [3.63, 3.8) is 0 Å². The summed E-state index contributed by atoms with van der Waals surface area (Å²) >= 11 is 0. The molecular weight excluding hydrogens is 456 g/mol. The first-order chi connectivity index (χ1) is 17.5. The highest BCUT2D eigenvalue weighted by Crippen LogP contribution is 2.16. The summed E-state index contributed by atoms with van der Waals surface area (Å²) in [6.07, 6.45) is 9.77. The van der Waals surface area contributed by atoms with Crippen molar-refractivity contribution in [2.45, 2.75) is 19.3 Å². The predicted octanol–water partition coefficient (Wildman–Crippen LogP) is 3.42. The number of rotatable bonds is 9. The Morgan fingerprint density at radius 1 is 0.528 bits per heavy atom. The smallest absolute Gasteiger partial charge is 0.228 e. The number of hydrogen-bond acceptors (Lipinski definition) is 6. The van der Waals surface area contributed by atoms with Crippen molar-refractivity contribution in [2.75, 3.05) is 16.0 Å². The minimum Gasteiger partial charge on any atom is -0.324 e. The summed E-state index contributed by atoms with van der Waals surface area (Å²) in [6.45, 7) is 0. The first-order valence-electron chi connectivity index (χ1n) is 11.2. The van der Waals surface area contributed by atoms with Gasteiger partial charge in [-0.2, -0.15) is 0 Å². The number of carbonyl (C=O) groups is 3. The van der Waals surface area contributed by atoms with Gasteiger partial charge >= 0.3 is 0 Å². The Morgan fingerprint density at radius 2 is 0.833 bits per heavy atom. The molecule has 0 bridgehead atoms. The predicted molar refractivity (Wildman–Crippen MR) is 136 cm³/mol. The van der Waals surface area contributed by atoms with E-state index in [1.165, 1.54) is 0 Å². The van der Waals surface area contributed by atoms with Gasteiger partial charge in [0.15, 0.2) is 0 Å². The van der Waals surface area contributed by atoms with E-state index in [9.17, 15) is 14.4 Å². The maximum atomic E-state index is 12.6. The molecule has 3 heterocycles. The topological polar surface area (TPSA) is 126 Å². The van der Waals surface area contributed by atoms with Gasteiger partial charge < -0.3 is 16.0 Å². The number of nitrogens with one attached hydrogen (secondary N) is 3. The molecule has 0 aliphatic rings. The maximum absolute atomic E-state index is 12.6. The normalized spacial score (nSPS) is 10.3. The van der Waals surface area contributed by atoms with Crippen LogP contribution in [0.1, 0.15) is 16.7 Å². The molecule has 0 radical (unpaired) electrons. The van der Waals surface area contributed by atoms with Crippen LogP contribution in [0.15, 0.2) is 91.8 Å². The molecule has 9 nitrogen and oxygen atoms in total. The highest BCUT2D eigenvalue weighted by atomic mass is 16.2. The summed E-state index contributed by atoms with van der Waals surface area (Å²) in [5.41, 5.74) is 3.83. The summed E-state index contributed by atoms with van der Waals surface area (Å²) in [6, 6.07) is 15.8. The Kier molecular flexibility index (Phi) is 8.06. The van der Waals surface area contributed by atoms with Crippen molar-refractivity contribution in [2.24, 2.45) is 0 Å². The Morgan fingerprint density at radius 3 is 1.08 bits per heavy atom. The number of amides is 3. The summed E-state index contributed by atoms with van der Waals surface area (Å²) in [5, 5.41) is 8.41. The molecule has 0 atom stereocenters. The molecule has 4 rings (SSSR count). The minimum absolute atomic E-state index is 0.0736. The lowest BCUT2D eigenvalue weighted by molar-refractivity contribution is -0.116. The molecule has 1 aromatic carbocycles. The first-order valence-corrected chi connectivity index (χ1v) is 11.2. The van der Waals surface area contributed by atoms with Crippen LogP contribution in [0.5, 0.6) is 0 Å². The lowest BCUT2D eigenvalue weighted by Gasteiger charge is -2.11. The molecule has 4 aromatic rings. The zero-order chi connectivity index (χ0) is 25.2. The molecular formula is C27H24N6O3. The fourth-order valence-electron chi connectivity index (χ4n) is 3.63. The van der Waals surface area contributed by atoms with Gasteiger partial charge in [0.2, 0.25) is 17.7 Å². The van der Waals surface area contributed by atoms with E-state index in [0.717, 1.165) is 0 Å². The second-order valence-corrected chi connectivity index (χ2v) is 8.06. The molecule has 3 N–H and O–H groups in total. The molecule has 180 valence electrons. The van der Waals surface area contributed by atoms with Gasteiger partial charge in [-0.05, 0) is 53.1 Å². The van der Waals surface area contributed by atoms with Gasteiger partial charge in [-0.15, -0.1) is 0 Å². The van der Waals surface area contributed by atoms with Crippen molar-refractivity contribution >= 4 is 34.8 Å². The van der Waals surface area contributed by atoms with Crippen LogP contribution in [0.25, 0.3) is 0 Å². The molecule has 0 unspecified atom stereocenters. The van der Waals surface area contributed by atoms with Crippen molar-refractivity contribution in [3.8, 4) is 0 Å². The molecule has 0 saturated heterocycles. The van der Waals surface area contributed by atoms with Crippen LogP contribution in [0, 0.1) is 0 Å². The second kappa shape index (κ2) is 12.0. The SMILES string of the molecule is O=C(Cc1cc(CC(=O)Nc2cccnc2)cc(CC(=O)Nc2cccnc2)c1)Nc1cccnc1. The van der Waals surface area contributed by atoms with Crippen molar-refractivity contribution in [1.82, 2.24) is 15.0 Å². The Bertz CT molecular complexity index is 1150. The highest BCUT2D eigenvalue weighted by molar-refractivity contribution is 5.94. The molecule has 0 aliphatic heterocycles. The van der Waals surface area contributed by atoms with Gasteiger partial charge in [-0.25, -0.2) is 0 Å². The third kappa shape index (κ3) is 7.56. The van der Waals surface area contributed by atoms with Crippen LogP contribution in [0.4, 0.5) is 17.1 Å². The fourth-order valence-corrected chi connectivity index (χ4v) is 3.63. The van der Waals surface area contributed by atoms with Crippen molar-refractivity contribution in [3.05, 3.63) is 108 Å². The third-order valence-corrected chi connectivity index (χ3v) is 5.04. The maximum Gasteiger partial charge on any atom is 0.228 e. The van der Waals surface area contributed by atoms with Crippen molar-refractivity contribution in [1.29, 1.82) is 0 Å². The number of hydrogen-bond donors (Lipinski definition) is 3. The van der Waals surface area contributed by atoms with Gasteiger partial charge in [-0.1, -0.05) is 18.2 Å². The highest BCUT2D eigenvalue weighted by Gasteiger charge is 2.13. The van der Waals surface area contributed by atoms with Crippen molar-refractivity contribution < 1.29 is 14.4 Å². The average Bonchev–Trinajstić information content (AvgIpc) is 2.85. The van der Waals surface area contributed by atoms with Crippen LogP contribution in [0.2, 0.25) is 0 Å². The molecule has 0 fully saturated rings. The van der Waals surface area contributed by atoms with E-state index in [2.05, 4.69) is 30.9 Å². The van der Waals surface area contributed by atoms with Crippen LogP contribution in [-0.4, -0.2) is 32.7 Å². The Hall–Kier alpha value is -4.92. The van der Waals surface area contributed by atoms with Gasteiger partial charge in [-0.3, -0.25) is 29.3 Å². The van der Waals surface area contributed by atoms with Gasteiger partial charge in [0, 0.05) is 18.6 Å². The van der Waals surface area contributed by atoms with Gasteiger partial charge in [0.25, 0.3) is 0 Å². The van der Waals surface area contributed by atoms with Gasteiger partial charge in [0.1, 0.15) is 0 Å². The lowest BCUT2D eigenvalue weighted by Crippen LogP contribution is -2.18. The van der Waals surface area contributed by atoms with E-state index >= 15 is 0 Å². The quantitative estimate of drug-likeness (QED) is 0.337. The van der Waals surface area contributed by atoms with E-state index in [1.54, 1.807) is 91.8 Å². The third-order valence-electron chi connectivity index (χ3n) is 5.04. The molecule has 0 saturated carbocycles. The number of anilines is 3. The zero-order valence-electron chi connectivity index (χ0n) is 19.3. The van der Waals surface area contributed by atoms with Crippen LogP contribution >= 0.6 is 0 Å². The summed E-state index contributed by atoms with van der Waals surface area (Å²) in [7, 11) is 0.